The zero-order valence-corrected chi connectivity index (χ0v) is 8.65. The molecule has 0 bridgehead atoms. The normalized spacial score (nSPS) is 0. The van der Waals surface area contributed by atoms with Crippen LogP contribution in [0.3, 0.4) is 0 Å². The summed E-state index contributed by atoms with van der Waals surface area (Å²) in [6.45, 7) is 0. The molecule has 0 aliphatic carbocycles. The summed E-state index contributed by atoms with van der Waals surface area (Å²) in [6, 6.07) is 0. The molecular formula is HCoIMoSe. The van der Waals surface area contributed by atoms with Crippen molar-refractivity contribution in [2.24, 2.45) is 0 Å². The van der Waals surface area contributed by atoms with Crippen LogP contribution in [0.25, 0.3) is 0 Å². The van der Waals surface area contributed by atoms with Crippen molar-refractivity contribution >= 4 is 41.0 Å². The van der Waals surface area contributed by atoms with E-state index < -0.39 is 0 Å². The minimum atomic E-state index is 0. The van der Waals surface area contributed by atoms with Crippen molar-refractivity contribution in [2.75, 3.05) is 0 Å². The maximum absolute atomic E-state index is 0. The molecule has 0 amide bonds. The Labute approximate surface area is 77.8 Å². The number of halogens is 1. The van der Waals surface area contributed by atoms with Crippen LogP contribution in [0, 0.1) is 0 Å². The smallest absolute Gasteiger partial charge is 0 e. The van der Waals surface area contributed by atoms with Gasteiger partial charge in [0.1, 0.15) is 0 Å². The van der Waals surface area contributed by atoms with Crippen molar-refractivity contribution in [3.05, 3.63) is 0 Å². The van der Waals surface area contributed by atoms with E-state index in [0.29, 0.717) is 0 Å². The Morgan fingerprint density at radius 2 is 1.00 bits per heavy atom. The molecule has 0 nitrogen and oxygen atoms in total. The van der Waals surface area contributed by atoms with Gasteiger partial charge in [-0.2, -0.15) is 0 Å². The van der Waals surface area contributed by atoms with Crippen LogP contribution in [0.4, 0.5) is 0 Å². The van der Waals surface area contributed by atoms with E-state index in [0.717, 1.165) is 0 Å². The zero-order valence-electron chi connectivity index (χ0n) is 1.56. The van der Waals surface area contributed by atoms with Crippen LogP contribution in [-0.4, -0.2) is 17.1 Å². The van der Waals surface area contributed by atoms with Gasteiger partial charge in [-0.3, -0.25) is 0 Å². The third kappa shape index (κ3) is 8.82. The monoisotopic (exact) mass is 365 g/mol. The molecule has 3 radical (unpaired) electrons. The topological polar surface area (TPSA) is 0 Å². The molecule has 0 saturated carbocycles. The quantitative estimate of drug-likeness (QED) is 0.428. The van der Waals surface area contributed by atoms with Gasteiger partial charge in [-0.15, -0.1) is 24.0 Å². The number of rotatable bonds is 0. The summed E-state index contributed by atoms with van der Waals surface area (Å²) >= 11 is 0. The molecule has 4 heavy (non-hydrogen) atoms. The molecule has 0 aromatic carbocycles. The fraction of sp³-hybridized carbons (Fsp3) is 0. The van der Waals surface area contributed by atoms with Gasteiger partial charge in [-0.1, -0.05) is 0 Å². The molecular weight excluding hydrogens is 361 g/mol. The molecule has 0 fully saturated rings. The van der Waals surface area contributed by atoms with Crippen LogP contribution in [0.2, 0.25) is 0 Å². The summed E-state index contributed by atoms with van der Waals surface area (Å²) < 4.78 is 0. The molecule has 0 N–H and O–H groups in total. The standard InChI is InChI=1S/Co.HI.Mo.Se/h;1H;;. The molecule has 0 aliphatic rings. The van der Waals surface area contributed by atoms with E-state index in [9.17, 15) is 0 Å². The Balaban J connectivity index is 0. The van der Waals surface area contributed by atoms with E-state index >= 15 is 0 Å². The molecule has 0 rings (SSSR count). The van der Waals surface area contributed by atoms with Crippen LogP contribution in [0.15, 0.2) is 0 Å². The van der Waals surface area contributed by atoms with Crippen LogP contribution >= 0.6 is 24.0 Å². The summed E-state index contributed by atoms with van der Waals surface area (Å²) in [5, 5.41) is 0. The zero-order chi connectivity index (χ0) is 0. The fourth-order valence-corrected chi connectivity index (χ4v) is 0. The molecule has 0 aromatic rings. The maximum Gasteiger partial charge on any atom is 0 e. The summed E-state index contributed by atoms with van der Waals surface area (Å²) in [5.74, 6) is 0. The first-order valence-corrected chi connectivity index (χ1v) is 0. The summed E-state index contributed by atoms with van der Waals surface area (Å²) in [5.41, 5.74) is 0. The minimum absolute atomic E-state index is 0. The van der Waals surface area contributed by atoms with Gasteiger partial charge in [0.2, 0.25) is 0 Å². The average molecular weight is 362 g/mol. The molecule has 0 spiro atoms. The summed E-state index contributed by atoms with van der Waals surface area (Å²) in [6.07, 6.45) is 0. The maximum atomic E-state index is 0. The van der Waals surface area contributed by atoms with Gasteiger partial charge >= 0.3 is 0 Å². The van der Waals surface area contributed by atoms with Crippen LogP contribution in [0.1, 0.15) is 0 Å². The Hall–Kier alpha value is 2.44. The van der Waals surface area contributed by atoms with Crippen molar-refractivity contribution in [1.82, 2.24) is 0 Å². The van der Waals surface area contributed by atoms with Gasteiger partial charge in [0.15, 0.2) is 0 Å². The van der Waals surface area contributed by atoms with Gasteiger partial charge in [0.25, 0.3) is 0 Å². The third-order valence-corrected chi connectivity index (χ3v) is 0. The van der Waals surface area contributed by atoms with Crippen molar-refractivity contribution in [2.45, 2.75) is 0 Å². The summed E-state index contributed by atoms with van der Waals surface area (Å²) in [7, 11) is 0. The molecule has 0 heterocycles. The average Bonchev–Trinajstić information content (AvgIpc) is 0. The SMILES string of the molecule is I.[Co].[Mo].[Se]. The molecule has 29 valence electrons. The van der Waals surface area contributed by atoms with E-state index in [1.54, 1.807) is 0 Å². The third-order valence-electron chi connectivity index (χ3n) is 0. The predicted molar refractivity (Wildman–Crippen MR) is 21.2 cm³/mol. The van der Waals surface area contributed by atoms with Crippen molar-refractivity contribution in [3.63, 3.8) is 0 Å². The van der Waals surface area contributed by atoms with E-state index in [1.165, 1.54) is 0 Å². The van der Waals surface area contributed by atoms with Crippen molar-refractivity contribution in [1.29, 1.82) is 0 Å². The molecule has 0 saturated heterocycles. The predicted octanol–water partition coefficient (Wildman–Crippen LogP) is 0.232. The van der Waals surface area contributed by atoms with E-state index in [-0.39, 0.29) is 78.9 Å². The van der Waals surface area contributed by atoms with E-state index in [1.807, 2.05) is 0 Å². The van der Waals surface area contributed by atoms with Crippen LogP contribution in [-0.2, 0) is 37.8 Å². The van der Waals surface area contributed by atoms with Gasteiger partial charge in [0.05, 0.1) is 0 Å². The second-order valence-corrected chi connectivity index (χ2v) is 0. The number of hydrogen-bond donors (Lipinski definition) is 0. The first kappa shape index (κ1) is 32.0. The van der Waals surface area contributed by atoms with Crippen LogP contribution in [0.5, 0.6) is 0 Å². The Kier molecular flexibility index (Phi) is 144. The first-order chi connectivity index (χ1) is 0. The Bertz CT molecular complexity index is 8.00. The molecule has 0 aromatic heterocycles. The van der Waals surface area contributed by atoms with Crippen molar-refractivity contribution in [3.8, 4) is 0 Å². The van der Waals surface area contributed by atoms with E-state index in [2.05, 4.69) is 0 Å². The molecule has 0 atom stereocenters. The second-order valence-electron chi connectivity index (χ2n) is 0. The van der Waals surface area contributed by atoms with Gasteiger partial charge in [-0.05, 0) is 0 Å². The van der Waals surface area contributed by atoms with Gasteiger partial charge in [-0.25, -0.2) is 0 Å². The molecule has 0 unspecified atom stereocenters. The summed E-state index contributed by atoms with van der Waals surface area (Å²) in [4.78, 5) is 0. The molecule has 4 heteroatoms. The van der Waals surface area contributed by atoms with Crippen molar-refractivity contribution < 1.29 is 37.8 Å². The molecule has 0 aliphatic heterocycles. The Morgan fingerprint density at radius 1 is 1.00 bits per heavy atom. The second kappa shape index (κ2) is 18.0. The number of hydrogen-bond acceptors (Lipinski definition) is 0. The first-order valence-electron chi connectivity index (χ1n) is 0. The van der Waals surface area contributed by atoms with Gasteiger partial charge in [0, 0.05) is 54.9 Å². The Morgan fingerprint density at radius 3 is 1.00 bits per heavy atom. The largest absolute Gasteiger partial charge is 0.107 e. The minimum Gasteiger partial charge on any atom is -0.107 e. The van der Waals surface area contributed by atoms with Gasteiger partial charge < -0.3 is 0 Å². The fourth-order valence-electron chi connectivity index (χ4n) is 0. The van der Waals surface area contributed by atoms with Crippen LogP contribution < -0.4 is 0 Å². The van der Waals surface area contributed by atoms with E-state index in [4.69, 9.17) is 0 Å².